The van der Waals surface area contributed by atoms with Crippen molar-refractivity contribution in [2.75, 3.05) is 13.1 Å². The van der Waals surface area contributed by atoms with E-state index in [1.807, 2.05) is 63.2 Å². The molecule has 0 saturated carbocycles. The van der Waals surface area contributed by atoms with Crippen molar-refractivity contribution < 1.29 is 14.7 Å². The molecule has 0 radical (unpaired) electrons. The molecule has 0 fully saturated rings. The molecular weight excluding hydrogens is 528 g/mol. The Bertz CT molecular complexity index is 1550. The normalized spacial score (nSPS) is 11.9. The number of halogens is 1. The summed E-state index contributed by atoms with van der Waals surface area (Å²) in [6, 6.07) is 21.4. The molecule has 2 amide bonds. The van der Waals surface area contributed by atoms with Gasteiger partial charge in [0.05, 0.1) is 23.5 Å². The molecule has 0 aliphatic heterocycles. The molecule has 0 unspecified atom stereocenters. The number of carbonyl (C=O) groups excluding carboxylic acids is 1. The minimum Gasteiger partial charge on any atom is -0.465 e. The van der Waals surface area contributed by atoms with Crippen LogP contribution in [0.1, 0.15) is 53.6 Å². The summed E-state index contributed by atoms with van der Waals surface area (Å²) in [5.41, 5.74) is 2.69. The summed E-state index contributed by atoms with van der Waals surface area (Å²) in [6.07, 6.45) is -0.739. The third-order valence-corrected chi connectivity index (χ3v) is 7.01. The van der Waals surface area contributed by atoms with Crippen LogP contribution < -0.4 is 10.9 Å². The zero-order chi connectivity index (χ0) is 28.8. The molecule has 9 heteroatoms. The fraction of sp³-hybridized carbons (Fsp3) is 0.290. The van der Waals surface area contributed by atoms with Crippen molar-refractivity contribution in [3.05, 3.63) is 111 Å². The molecule has 2 N–H and O–H groups in total. The maximum atomic E-state index is 14.0. The number of carboxylic acid groups (broad SMARTS) is 1. The molecule has 3 aromatic carbocycles. The molecule has 208 valence electrons. The lowest BCUT2D eigenvalue weighted by Crippen LogP contribution is -2.42. The van der Waals surface area contributed by atoms with Crippen LogP contribution in [0.25, 0.3) is 10.9 Å². The van der Waals surface area contributed by atoms with Crippen LogP contribution in [0.5, 0.6) is 0 Å². The lowest BCUT2D eigenvalue weighted by molar-refractivity contribution is 0.0601. The van der Waals surface area contributed by atoms with E-state index in [0.29, 0.717) is 33.7 Å². The fourth-order valence-corrected chi connectivity index (χ4v) is 4.99. The topological polar surface area (TPSA) is 105 Å². The second kappa shape index (κ2) is 12.8. The number of aromatic nitrogens is 2. The van der Waals surface area contributed by atoms with E-state index >= 15 is 0 Å². The summed E-state index contributed by atoms with van der Waals surface area (Å²) in [5, 5.41) is 12.3. The molecule has 0 aliphatic rings. The third-order valence-electron chi connectivity index (χ3n) is 6.77. The number of aryl methyl sites for hydroxylation is 1. The smallest absolute Gasteiger partial charge is 0.404 e. The summed E-state index contributed by atoms with van der Waals surface area (Å²) in [7, 11) is 0. The van der Waals surface area contributed by atoms with E-state index in [4.69, 9.17) is 21.7 Å². The molecule has 40 heavy (non-hydrogen) atoms. The quantitative estimate of drug-likeness (QED) is 0.235. The number of rotatable bonds is 10. The minimum atomic E-state index is -1.12. The maximum absolute atomic E-state index is 14.0. The SMILES string of the molecule is Cc1ccc(C(=O)N(CCCNC(=O)O)[C@@H](c2nc3cc(Cl)ccc3c(=O)n2Cc2ccccc2)C(C)C)cc1. The highest BCUT2D eigenvalue weighted by atomic mass is 35.5. The Kier molecular flexibility index (Phi) is 9.22. The van der Waals surface area contributed by atoms with Crippen LogP contribution in [0, 0.1) is 12.8 Å². The lowest BCUT2D eigenvalue weighted by Gasteiger charge is -2.35. The monoisotopic (exact) mass is 560 g/mol. The molecular formula is C31H33ClN4O4. The summed E-state index contributed by atoms with van der Waals surface area (Å²) in [5.74, 6) is 0.0957. The number of amides is 2. The summed E-state index contributed by atoms with van der Waals surface area (Å²) >= 11 is 6.28. The van der Waals surface area contributed by atoms with Crippen molar-refractivity contribution in [1.29, 1.82) is 0 Å². The Morgan fingerprint density at radius 1 is 1.05 bits per heavy atom. The Balaban J connectivity index is 1.89. The number of carbonyl (C=O) groups is 2. The van der Waals surface area contributed by atoms with E-state index in [0.717, 1.165) is 11.1 Å². The molecule has 8 nitrogen and oxygen atoms in total. The van der Waals surface area contributed by atoms with Gasteiger partial charge in [0.15, 0.2) is 0 Å². The zero-order valence-corrected chi connectivity index (χ0v) is 23.6. The first-order valence-electron chi connectivity index (χ1n) is 13.2. The van der Waals surface area contributed by atoms with E-state index in [1.54, 1.807) is 39.8 Å². The second-order valence-electron chi connectivity index (χ2n) is 10.1. The van der Waals surface area contributed by atoms with Gasteiger partial charge in [0.1, 0.15) is 5.82 Å². The molecule has 1 aromatic heterocycles. The number of nitrogens with zero attached hydrogens (tertiary/aromatic N) is 3. The summed E-state index contributed by atoms with van der Waals surface area (Å²) < 4.78 is 1.64. The van der Waals surface area contributed by atoms with Gasteiger partial charge in [-0.2, -0.15) is 0 Å². The fourth-order valence-electron chi connectivity index (χ4n) is 4.83. The average molecular weight is 561 g/mol. The number of benzene rings is 3. The van der Waals surface area contributed by atoms with E-state index in [-0.39, 0.29) is 37.0 Å². The van der Waals surface area contributed by atoms with E-state index in [1.165, 1.54) is 0 Å². The van der Waals surface area contributed by atoms with Crippen molar-refractivity contribution in [2.24, 2.45) is 5.92 Å². The van der Waals surface area contributed by atoms with Gasteiger partial charge in [0.25, 0.3) is 11.5 Å². The summed E-state index contributed by atoms with van der Waals surface area (Å²) in [6.45, 7) is 6.62. The van der Waals surface area contributed by atoms with Crippen LogP contribution in [-0.4, -0.2) is 44.6 Å². The van der Waals surface area contributed by atoms with Crippen LogP contribution in [0.15, 0.2) is 77.6 Å². The lowest BCUT2D eigenvalue weighted by atomic mass is 9.98. The molecule has 0 aliphatic carbocycles. The van der Waals surface area contributed by atoms with Gasteiger partial charge >= 0.3 is 6.09 Å². The van der Waals surface area contributed by atoms with Crippen LogP contribution in [0.4, 0.5) is 4.79 Å². The van der Waals surface area contributed by atoms with Gasteiger partial charge in [-0.3, -0.25) is 14.2 Å². The van der Waals surface area contributed by atoms with Crippen LogP contribution in [0.2, 0.25) is 5.02 Å². The average Bonchev–Trinajstić information content (AvgIpc) is 2.92. The van der Waals surface area contributed by atoms with Gasteiger partial charge in [-0.25, -0.2) is 9.78 Å². The van der Waals surface area contributed by atoms with E-state index in [9.17, 15) is 14.4 Å². The molecule has 1 heterocycles. The Hall–Kier alpha value is -4.17. The molecule has 1 atom stereocenters. The van der Waals surface area contributed by atoms with Crippen LogP contribution >= 0.6 is 11.6 Å². The molecule has 4 rings (SSSR count). The first-order chi connectivity index (χ1) is 19.2. The van der Waals surface area contributed by atoms with Gasteiger partial charge in [-0.05, 0) is 55.2 Å². The standard InChI is InChI=1S/C31H33ClN4O4/c1-20(2)27(35(17-7-16-33-31(39)40)29(37)23-12-10-21(3)11-13-23)28-34-26-18-24(32)14-15-25(26)30(38)36(28)19-22-8-5-4-6-9-22/h4-6,8-15,18,20,27,33H,7,16-17,19H2,1-3H3,(H,39,40)/t27-/m1/s1. The van der Waals surface area contributed by atoms with Gasteiger partial charge in [0, 0.05) is 23.7 Å². The number of fused-ring (bicyclic) bond motifs is 1. The van der Waals surface area contributed by atoms with Gasteiger partial charge in [0.2, 0.25) is 0 Å². The van der Waals surface area contributed by atoms with Crippen LogP contribution in [0.3, 0.4) is 0 Å². The first-order valence-corrected chi connectivity index (χ1v) is 13.6. The maximum Gasteiger partial charge on any atom is 0.404 e. The van der Waals surface area contributed by atoms with Crippen molar-refractivity contribution in [2.45, 2.75) is 39.8 Å². The number of hydrogen-bond acceptors (Lipinski definition) is 4. The van der Waals surface area contributed by atoms with E-state index in [2.05, 4.69) is 5.32 Å². The van der Waals surface area contributed by atoms with Gasteiger partial charge < -0.3 is 15.3 Å². The predicted octanol–water partition coefficient (Wildman–Crippen LogP) is 5.90. The van der Waals surface area contributed by atoms with Crippen molar-refractivity contribution in [1.82, 2.24) is 19.8 Å². The Morgan fingerprint density at radius 3 is 2.40 bits per heavy atom. The van der Waals surface area contributed by atoms with Crippen molar-refractivity contribution in [3.8, 4) is 0 Å². The molecule has 0 bridgehead atoms. The Labute approximate surface area is 238 Å². The highest BCUT2D eigenvalue weighted by Gasteiger charge is 2.32. The summed E-state index contributed by atoms with van der Waals surface area (Å²) in [4.78, 5) is 45.7. The van der Waals surface area contributed by atoms with Crippen molar-refractivity contribution >= 4 is 34.5 Å². The van der Waals surface area contributed by atoms with Crippen LogP contribution in [-0.2, 0) is 6.54 Å². The molecule has 4 aromatic rings. The van der Waals surface area contributed by atoms with Gasteiger partial charge in [-0.1, -0.05) is 73.5 Å². The predicted molar refractivity (Wildman–Crippen MR) is 157 cm³/mol. The first kappa shape index (κ1) is 28.8. The highest BCUT2D eigenvalue weighted by molar-refractivity contribution is 6.31. The largest absolute Gasteiger partial charge is 0.465 e. The second-order valence-corrected chi connectivity index (χ2v) is 10.6. The zero-order valence-electron chi connectivity index (χ0n) is 22.8. The number of hydrogen-bond donors (Lipinski definition) is 2. The van der Waals surface area contributed by atoms with Crippen molar-refractivity contribution in [3.63, 3.8) is 0 Å². The Morgan fingerprint density at radius 2 is 1.75 bits per heavy atom. The van der Waals surface area contributed by atoms with Gasteiger partial charge in [-0.15, -0.1) is 0 Å². The van der Waals surface area contributed by atoms with E-state index < -0.39 is 12.1 Å². The third kappa shape index (κ3) is 6.69. The highest BCUT2D eigenvalue weighted by Crippen LogP contribution is 2.31. The minimum absolute atomic E-state index is 0.132. The molecule has 0 spiro atoms. The molecule has 0 saturated heterocycles. The number of nitrogens with one attached hydrogen (secondary N) is 1.